The number of carbonyl (C=O) groups is 1. The highest BCUT2D eigenvalue weighted by Crippen LogP contribution is 2.42. The molecule has 1 N–H and O–H groups in total. The summed E-state index contributed by atoms with van der Waals surface area (Å²) in [6.45, 7) is 3.94. The molecule has 0 atom stereocenters. The second-order valence-electron chi connectivity index (χ2n) is 6.97. The predicted molar refractivity (Wildman–Crippen MR) is 122 cm³/mol. The number of nitrogens with zero attached hydrogens (tertiary/aromatic N) is 3. The maximum absolute atomic E-state index is 12.7. The smallest absolute Gasteiger partial charge is 0.234 e. The Morgan fingerprint density at radius 2 is 1.88 bits per heavy atom. The number of fused-ring (bicyclic) bond motifs is 3. The molecule has 4 aromatic rings. The van der Waals surface area contributed by atoms with Gasteiger partial charge in [0.25, 0.3) is 0 Å². The van der Waals surface area contributed by atoms with Gasteiger partial charge in [-0.3, -0.25) is 9.20 Å². The zero-order valence-electron chi connectivity index (χ0n) is 18.5. The van der Waals surface area contributed by atoms with Gasteiger partial charge in [-0.1, -0.05) is 18.7 Å². The Morgan fingerprint density at radius 1 is 1.09 bits per heavy atom. The summed E-state index contributed by atoms with van der Waals surface area (Å²) in [5.41, 5.74) is 3.08. The predicted octanol–water partition coefficient (Wildman–Crippen LogP) is 4.10. The van der Waals surface area contributed by atoms with Crippen LogP contribution in [0.15, 0.2) is 33.7 Å². The van der Waals surface area contributed by atoms with Gasteiger partial charge in [0.15, 0.2) is 17.1 Å². The lowest BCUT2D eigenvalue weighted by Gasteiger charge is -2.16. The van der Waals surface area contributed by atoms with E-state index in [1.807, 2.05) is 30.4 Å². The van der Waals surface area contributed by atoms with Gasteiger partial charge < -0.3 is 23.9 Å². The molecule has 1 aromatic carbocycles. The first-order valence-electron chi connectivity index (χ1n) is 9.99. The Hall–Kier alpha value is -3.40. The molecule has 3 heterocycles. The van der Waals surface area contributed by atoms with E-state index in [0.29, 0.717) is 28.0 Å². The molecule has 0 saturated carbocycles. The molecule has 32 heavy (non-hydrogen) atoms. The van der Waals surface area contributed by atoms with Gasteiger partial charge in [-0.2, -0.15) is 0 Å². The molecule has 1 amide bonds. The molecular formula is C22H24N4O5S. The first-order chi connectivity index (χ1) is 15.5. The van der Waals surface area contributed by atoms with Crippen molar-refractivity contribution in [3.63, 3.8) is 0 Å². The Kier molecular flexibility index (Phi) is 6.13. The SMILES string of the molecule is CCc1nnc(SCC(=O)Nc2ccc(OC)c(OC)c2OC)c2cc3oc(C)cc3n12. The summed E-state index contributed by atoms with van der Waals surface area (Å²) in [4.78, 5) is 12.7. The van der Waals surface area contributed by atoms with Crippen molar-refractivity contribution in [2.45, 2.75) is 25.3 Å². The van der Waals surface area contributed by atoms with E-state index < -0.39 is 0 Å². The number of thioether (sulfide) groups is 1. The number of aromatic nitrogens is 3. The van der Waals surface area contributed by atoms with Crippen molar-refractivity contribution in [3.05, 3.63) is 35.9 Å². The first-order valence-corrected chi connectivity index (χ1v) is 11.0. The van der Waals surface area contributed by atoms with Crippen LogP contribution in [-0.2, 0) is 11.2 Å². The van der Waals surface area contributed by atoms with Gasteiger partial charge in [-0.25, -0.2) is 0 Å². The average molecular weight is 457 g/mol. The Balaban J connectivity index is 1.57. The van der Waals surface area contributed by atoms with E-state index in [-0.39, 0.29) is 11.7 Å². The van der Waals surface area contributed by atoms with E-state index in [4.69, 9.17) is 18.6 Å². The number of hydrogen-bond donors (Lipinski definition) is 1. The van der Waals surface area contributed by atoms with Crippen LogP contribution >= 0.6 is 11.8 Å². The maximum atomic E-state index is 12.7. The van der Waals surface area contributed by atoms with Crippen LogP contribution in [-0.4, -0.2) is 47.6 Å². The van der Waals surface area contributed by atoms with E-state index in [1.165, 1.54) is 33.1 Å². The second kappa shape index (κ2) is 8.99. The Bertz CT molecular complexity index is 1300. The number of ether oxygens (including phenoxy) is 3. The normalized spacial score (nSPS) is 11.2. The van der Waals surface area contributed by atoms with Gasteiger partial charge in [0.1, 0.15) is 16.6 Å². The van der Waals surface area contributed by atoms with Crippen molar-refractivity contribution in [2.75, 3.05) is 32.4 Å². The summed E-state index contributed by atoms with van der Waals surface area (Å²) < 4.78 is 23.9. The van der Waals surface area contributed by atoms with Crippen molar-refractivity contribution in [3.8, 4) is 17.2 Å². The number of nitrogens with one attached hydrogen (secondary N) is 1. The minimum atomic E-state index is -0.217. The third-order valence-electron chi connectivity index (χ3n) is 4.98. The third-order valence-corrected chi connectivity index (χ3v) is 5.95. The van der Waals surface area contributed by atoms with Crippen LogP contribution in [0.1, 0.15) is 18.5 Å². The van der Waals surface area contributed by atoms with E-state index in [9.17, 15) is 4.79 Å². The minimum absolute atomic E-state index is 0.138. The minimum Gasteiger partial charge on any atom is -0.493 e. The second-order valence-corrected chi connectivity index (χ2v) is 7.93. The largest absolute Gasteiger partial charge is 0.493 e. The van der Waals surface area contributed by atoms with Crippen LogP contribution in [0, 0.1) is 6.92 Å². The number of carbonyl (C=O) groups excluding carboxylic acids is 1. The molecule has 10 heteroatoms. The van der Waals surface area contributed by atoms with Crippen molar-refractivity contribution in [1.82, 2.24) is 14.6 Å². The highest BCUT2D eigenvalue weighted by molar-refractivity contribution is 8.00. The number of benzene rings is 1. The molecule has 0 fully saturated rings. The topological polar surface area (TPSA) is 100 Å². The van der Waals surface area contributed by atoms with Gasteiger partial charge in [-0.15, -0.1) is 10.2 Å². The van der Waals surface area contributed by atoms with E-state index in [2.05, 4.69) is 15.5 Å². The molecule has 0 aliphatic carbocycles. The van der Waals surface area contributed by atoms with Crippen molar-refractivity contribution in [1.29, 1.82) is 0 Å². The van der Waals surface area contributed by atoms with Crippen LogP contribution < -0.4 is 19.5 Å². The summed E-state index contributed by atoms with van der Waals surface area (Å²) in [6, 6.07) is 7.34. The van der Waals surface area contributed by atoms with Gasteiger partial charge in [-0.05, 0) is 19.1 Å². The summed E-state index contributed by atoms with van der Waals surface area (Å²) in [6.07, 6.45) is 0.724. The van der Waals surface area contributed by atoms with E-state index in [0.717, 1.165) is 34.6 Å². The van der Waals surface area contributed by atoms with Gasteiger partial charge in [0, 0.05) is 18.6 Å². The van der Waals surface area contributed by atoms with Crippen molar-refractivity contribution >= 4 is 40.0 Å². The number of amides is 1. The molecule has 0 saturated heterocycles. The molecule has 9 nitrogen and oxygen atoms in total. The fourth-order valence-corrected chi connectivity index (χ4v) is 4.34. The van der Waals surface area contributed by atoms with E-state index >= 15 is 0 Å². The lowest BCUT2D eigenvalue weighted by Crippen LogP contribution is -2.15. The Labute approximate surface area is 189 Å². The fraction of sp³-hybridized carbons (Fsp3) is 0.318. The van der Waals surface area contributed by atoms with Gasteiger partial charge in [0.05, 0.1) is 43.8 Å². The molecule has 4 rings (SSSR count). The maximum Gasteiger partial charge on any atom is 0.234 e. The van der Waals surface area contributed by atoms with Gasteiger partial charge in [0.2, 0.25) is 11.7 Å². The number of furan rings is 1. The van der Waals surface area contributed by atoms with Crippen LogP contribution in [0.4, 0.5) is 5.69 Å². The standard InChI is InChI=1S/C22H24N4O5S/c1-6-18-24-25-22(15-10-17-14(26(15)18)9-12(2)31-17)32-11-19(27)23-13-7-8-16(28-3)21(30-5)20(13)29-4/h7-10H,6,11H2,1-5H3,(H,23,27). The Morgan fingerprint density at radius 3 is 2.56 bits per heavy atom. The molecule has 0 radical (unpaired) electrons. The van der Waals surface area contributed by atoms with E-state index in [1.54, 1.807) is 12.1 Å². The summed E-state index contributed by atoms with van der Waals surface area (Å²) in [5.74, 6) is 2.90. The zero-order valence-corrected chi connectivity index (χ0v) is 19.3. The highest BCUT2D eigenvalue weighted by atomic mass is 32.2. The summed E-state index contributed by atoms with van der Waals surface area (Å²) >= 11 is 1.31. The molecule has 0 aliphatic heterocycles. The average Bonchev–Trinajstić information content (AvgIpc) is 3.33. The van der Waals surface area contributed by atoms with Crippen LogP contribution in [0.2, 0.25) is 0 Å². The molecule has 0 bridgehead atoms. The molecule has 3 aromatic heterocycles. The molecule has 0 unspecified atom stereocenters. The van der Waals surface area contributed by atoms with Crippen molar-refractivity contribution in [2.24, 2.45) is 0 Å². The quantitative estimate of drug-likeness (QED) is 0.396. The van der Waals surface area contributed by atoms with Gasteiger partial charge >= 0.3 is 0 Å². The monoisotopic (exact) mass is 456 g/mol. The number of anilines is 1. The van der Waals surface area contributed by atoms with Crippen LogP contribution in [0.25, 0.3) is 16.6 Å². The molecule has 0 aliphatic rings. The first kappa shape index (κ1) is 21.8. The van der Waals surface area contributed by atoms with Crippen LogP contribution in [0.3, 0.4) is 0 Å². The van der Waals surface area contributed by atoms with Crippen LogP contribution in [0.5, 0.6) is 17.2 Å². The lowest BCUT2D eigenvalue weighted by atomic mass is 10.2. The number of aryl methyl sites for hydroxylation is 2. The number of methoxy groups -OCH3 is 3. The number of hydrogen-bond acceptors (Lipinski definition) is 8. The molecular weight excluding hydrogens is 432 g/mol. The lowest BCUT2D eigenvalue weighted by molar-refractivity contribution is -0.113. The number of rotatable bonds is 8. The third kappa shape index (κ3) is 3.81. The fourth-order valence-electron chi connectivity index (χ4n) is 3.60. The highest BCUT2D eigenvalue weighted by Gasteiger charge is 2.19. The molecule has 0 spiro atoms. The summed E-state index contributed by atoms with van der Waals surface area (Å²) in [5, 5.41) is 12.2. The molecule has 168 valence electrons. The van der Waals surface area contributed by atoms with Crippen molar-refractivity contribution < 1.29 is 23.4 Å². The summed E-state index contributed by atoms with van der Waals surface area (Å²) in [7, 11) is 4.56. The zero-order chi connectivity index (χ0) is 22.8.